The van der Waals surface area contributed by atoms with E-state index in [9.17, 15) is 9.59 Å². The van der Waals surface area contributed by atoms with E-state index in [1.54, 1.807) is 0 Å². The number of carbonyl (C=O) groups excluding carboxylic acids is 2. The van der Waals surface area contributed by atoms with Crippen molar-refractivity contribution in [1.82, 2.24) is 10.2 Å². The smallest absolute Gasteiger partial charge is 0.226 e. The maximum absolute atomic E-state index is 12.5. The van der Waals surface area contributed by atoms with Gasteiger partial charge < -0.3 is 10.6 Å². The zero-order valence-electron chi connectivity index (χ0n) is 16.4. The van der Waals surface area contributed by atoms with Crippen LogP contribution in [0.25, 0.3) is 0 Å². The van der Waals surface area contributed by atoms with Crippen LogP contribution in [-0.4, -0.2) is 29.8 Å². The average molecular weight is 367 g/mol. The molecule has 0 heterocycles. The van der Waals surface area contributed by atoms with Gasteiger partial charge in [-0.2, -0.15) is 0 Å². The van der Waals surface area contributed by atoms with Crippen molar-refractivity contribution in [3.8, 4) is 0 Å². The Morgan fingerprint density at radius 1 is 0.963 bits per heavy atom. The van der Waals surface area contributed by atoms with Gasteiger partial charge in [0, 0.05) is 19.2 Å². The van der Waals surface area contributed by atoms with E-state index in [1.807, 2.05) is 54.6 Å². The summed E-state index contributed by atoms with van der Waals surface area (Å²) in [5.41, 5.74) is 2.90. The van der Waals surface area contributed by atoms with Crippen molar-refractivity contribution in [1.29, 1.82) is 0 Å². The summed E-state index contributed by atoms with van der Waals surface area (Å²) in [6.45, 7) is 8.69. The summed E-state index contributed by atoms with van der Waals surface area (Å²) in [5, 5.41) is 5.77. The van der Waals surface area contributed by atoms with Crippen LogP contribution >= 0.6 is 0 Å². The van der Waals surface area contributed by atoms with Crippen molar-refractivity contribution < 1.29 is 9.59 Å². The molecule has 2 rings (SSSR count). The van der Waals surface area contributed by atoms with Crippen molar-refractivity contribution in [3.05, 3.63) is 65.7 Å². The van der Waals surface area contributed by atoms with E-state index in [0.29, 0.717) is 0 Å². The van der Waals surface area contributed by atoms with Gasteiger partial charge in [0.2, 0.25) is 11.8 Å². The minimum atomic E-state index is -0.342. The fraction of sp³-hybridized carbons (Fsp3) is 0.364. The topological polar surface area (TPSA) is 61.4 Å². The molecule has 0 saturated carbocycles. The number of rotatable bonds is 9. The van der Waals surface area contributed by atoms with E-state index in [0.717, 1.165) is 30.9 Å². The molecule has 0 aliphatic heterocycles. The van der Waals surface area contributed by atoms with Gasteiger partial charge in [-0.05, 0) is 36.3 Å². The standard InChI is InChI=1S/C22H29N3O2/c1-4-25(5-2)16-18-11-13-20(14-12-18)24-22(27)15-21(23-17(3)26)19-9-7-6-8-10-19/h6-14,21H,4-5,15-16H2,1-3H3,(H,23,26)(H,24,27)/t21-/m0/s1. The van der Waals surface area contributed by atoms with Crippen LogP contribution in [0, 0.1) is 0 Å². The van der Waals surface area contributed by atoms with Gasteiger partial charge in [0.25, 0.3) is 0 Å². The molecule has 5 nitrogen and oxygen atoms in total. The highest BCUT2D eigenvalue weighted by Gasteiger charge is 2.17. The molecule has 0 aliphatic rings. The summed E-state index contributed by atoms with van der Waals surface area (Å²) in [6, 6.07) is 17.1. The lowest BCUT2D eigenvalue weighted by Crippen LogP contribution is -2.29. The number of nitrogens with one attached hydrogen (secondary N) is 2. The lowest BCUT2D eigenvalue weighted by atomic mass is 10.0. The van der Waals surface area contributed by atoms with Crippen molar-refractivity contribution >= 4 is 17.5 Å². The molecule has 0 aliphatic carbocycles. The molecule has 144 valence electrons. The number of hydrogen-bond acceptors (Lipinski definition) is 3. The fourth-order valence-corrected chi connectivity index (χ4v) is 2.98. The number of hydrogen-bond donors (Lipinski definition) is 2. The van der Waals surface area contributed by atoms with E-state index in [2.05, 4.69) is 29.4 Å². The molecule has 0 aromatic heterocycles. The van der Waals surface area contributed by atoms with Crippen LogP contribution < -0.4 is 10.6 Å². The molecule has 2 N–H and O–H groups in total. The Morgan fingerprint density at radius 3 is 2.15 bits per heavy atom. The summed E-state index contributed by atoms with van der Waals surface area (Å²) in [5.74, 6) is -0.286. The SMILES string of the molecule is CCN(CC)Cc1ccc(NC(=O)C[C@H](NC(C)=O)c2ccccc2)cc1. The highest BCUT2D eigenvalue weighted by molar-refractivity contribution is 5.91. The molecule has 0 radical (unpaired) electrons. The van der Waals surface area contributed by atoms with Crippen molar-refractivity contribution in [2.75, 3.05) is 18.4 Å². The van der Waals surface area contributed by atoms with E-state index in [4.69, 9.17) is 0 Å². The maximum atomic E-state index is 12.5. The second-order valence-electron chi connectivity index (χ2n) is 6.57. The van der Waals surface area contributed by atoms with Crippen LogP contribution in [0.1, 0.15) is 44.4 Å². The number of carbonyl (C=O) groups is 2. The van der Waals surface area contributed by atoms with Gasteiger partial charge in [-0.25, -0.2) is 0 Å². The van der Waals surface area contributed by atoms with Crippen LogP contribution in [0.3, 0.4) is 0 Å². The molecule has 0 spiro atoms. The van der Waals surface area contributed by atoms with E-state index in [-0.39, 0.29) is 24.3 Å². The number of nitrogens with zero attached hydrogens (tertiary/aromatic N) is 1. The van der Waals surface area contributed by atoms with Crippen LogP contribution in [0.4, 0.5) is 5.69 Å². The molecular weight excluding hydrogens is 338 g/mol. The predicted molar refractivity (Wildman–Crippen MR) is 109 cm³/mol. The van der Waals surface area contributed by atoms with E-state index in [1.165, 1.54) is 12.5 Å². The van der Waals surface area contributed by atoms with E-state index >= 15 is 0 Å². The molecule has 2 aromatic rings. The Kier molecular flexibility index (Phi) is 8.01. The third kappa shape index (κ3) is 6.87. The van der Waals surface area contributed by atoms with Crippen LogP contribution in [0.2, 0.25) is 0 Å². The molecule has 2 amide bonds. The molecule has 5 heteroatoms. The second-order valence-corrected chi connectivity index (χ2v) is 6.57. The first-order valence-electron chi connectivity index (χ1n) is 9.45. The van der Waals surface area contributed by atoms with Gasteiger partial charge in [-0.3, -0.25) is 14.5 Å². The van der Waals surface area contributed by atoms with Crippen LogP contribution in [0.5, 0.6) is 0 Å². The monoisotopic (exact) mass is 367 g/mol. The summed E-state index contributed by atoms with van der Waals surface area (Å²) in [7, 11) is 0. The Bertz CT molecular complexity index is 725. The largest absolute Gasteiger partial charge is 0.349 e. The van der Waals surface area contributed by atoms with Crippen LogP contribution in [0.15, 0.2) is 54.6 Å². The Balaban J connectivity index is 1.97. The molecule has 0 unspecified atom stereocenters. The van der Waals surface area contributed by atoms with Gasteiger partial charge in [0.05, 0.1) is 12.5 Å². The van der Waals surface area contributed by atoms with Crippen molar-refractivity contribution in [2.24, 2.45) is 0 Å². The fourth-order valence-electron chi connectivity index (χ4n) is 2.98. The average Bonchev–Trinajstić information content (AvgIpc) is 2.67. The Hall–Kier alpha value is -2.66. The first-order valence-corrected chi connectivity index (χ1v) is 9.45. The van der Waals surface area contributed by atoms with Gasteiger partial charge in [0.15, 0.2) is 0 Å². The van der Waals surface area contributed by atoms with Crippen molar-refractivity contribution in [3.63, 3.8) is 0 Å². The predicted octanol–water partition coefficient (Wildman–Crippen LogP) is 3.73. The van der Waals surface area contributed by atoms with E-state index < -0.39 is 0 Å². The van der Waals surface area contributed by atoms with Crippen LogP contribution in [-0.2, 0) is 16.1 Å². The number of anilines is 1. The molecule has 2 aromatic carbocycles. The van der Waals surface area contributed by atoms with Gasteiger partial charge >= 0.3 is 0 Å². The molecule has 0 fully saturated rings. The molecule has 27 heavy (non-hydrogen) atoms. The zero-order chi connectivity index (χ0) is 19.6. The van der Waals surface area contributed by atoms with Gasteiger partial charge in [-0.15, -0.1) is 0 Å². The summed E-state index contributed by atoms with van der Waals surface area (Å²) in [6.07, 6.45) is 0.185. The highest BCUT2D eigenvalue weighted by atomic mass is 16.2. The molecule has 0 bridgehead atoms. The summed E-state index contributed by atoms with van der Waals surface area (Å²) < 4.78 is 0. The maximum Gasteiger partial charge on any atom is 0.226 e. The minimum absolute atomic E-state index is 0.130. The Labute approximate surface area is 161 Å². The Morgan fingerprint density at radius 2 is 1.59 bits per heavy atom. The highest BCUT2D eigenvalue weighted by Crippen LogP contribution is 2.18. The van der Waals surface area contributed by atoms with Gasteiger partial charge in [-0.1, -0.05) is 56.3 Å². The lowest BCUT2D eigenvalue weighted by Gasteiger charge is -2.19. The molecular formula is C22H29N3O2. The first kappa shape index (κ1) is 20.6. The summed E-state index contributed by atoms with van der Waals surface area (Å²) >= 11 is 0. The third-order valence-electron chi connectivity index (χ3n) is 4.51. The number of benzene rings is 2. The van der Waals surface area contributed by atoms with Crippen molar-refractivity contribution in [2.45, 2.75) is 39.8 Å². The molecule has 1 atom stereocenters. The minimum Gasteiger partial charge on any atom is -0.349 e. The normalized spacial score (nSPS) is 11.9. The third-order valence-corrected chi connectivity index (χ3v) is 4.51. The number of amides is 2. The summed E-state index contributed by atoms with van der Waals surface area (Å²) in [4.78, 5) is 26.3. The molecule has 0 saturated heterocycles. The zero-order valence-corrected chi connectivity index (χ0v) is 16.4. The lowest BCUT2D eigenvalue weighted by molar-refractivity contribution is -0.120. The quantitative estimate of drug-likeness (QED) is 0.710. The second kappa shape index (κ2) is 10.5. The van der Waals surface area contributed by atoms with Gasteiger partial charge in [0.1, 0.15) is 0 Å². The first-order chi connectivity index (χ1) is 13.0.